The van der Waals surface area contributed by atoms with E-state index in [4.69, 9.17) is 0 Å². The fraction of sp³-hybridized carbons (Fsp3) is 0.500. The summed E-state index contributed by atoms with van der Waals surface area (Å²) in [7, 11) is -3.69. The lowest BCUT2D eigenvalue weighted by Crippen LogP contribution is -2.34. The van der Waals surface area contributed by atoms with Crippen molar-refractivity contribution in [1.29, 1.82) is 0 Å². The second-order valence-electron chi connectivity index (χ2n) is 7.37. The first kappa shape index (κ1) is 26.3. The van der Waals surface area contributed by atoms with Gasteiger partial charge in [-0.05, 0) is 72.7 Å². The fourth-order valence-electron chi connectivity index (χ4n) is 3.38. The van der Waals surface area contributed by atoms with Crippen LogP contribution in [0.5, 0.6) is 0 Å². The zero-order valence-corrected chi connectivity index (χ0v) is 21.7. The normalized spacial score (nSPS) is 14.6. The molecule has 0 radical (unpaired) electrons. The predicted molar refractivity (Wildman–Crippen MR) is 136 cm³/mol. The van der Waals surface area contributed by atoms with E-state index in [1.807, 2.05) is 0 Å². The Morgan fingerprint density at radius 2 is 1.84 bits per heavy atom. The van der Waals surface area contributed by atoms with Gasteiger partial charge in [-0.15, -0.1) is 23.7 Å². The summed E-state index contributed by atoms with van der Waals surface area (Å²) in [4.78, 5) is 16.5. The van der Waals surface area contributed by atoms with Crippen molar-refractivity contribution in [3.05, 3.63) is 38.9 Å². The van der Waals surface area contributed by atoms with E-state index in [0.29, 0.717) is 18.3 Å². The van der Waals surface area contributed by atoms with E-state index in [1.165, 1.54) is 43.4 Å². The van der Waals surface area contributed by atoms with Crippen LogP contribution >= 0.6 is 46.3 Å². The Labute approximate surface area is 207 Å². The quantitative estimate of drug-likeness (QED) is 0.284. The number of amides is 1. The second kappa shape index (κ2) is 12.9. The van der Waals surface area contributed by atoms with Crippen LogP contribution in [0.25, 0.3) is 0 Å². The van der Waals surface area contributed by atoms with Crippen molar-refractivity contribution in [3.8, 4) is 0 Å². The van der Waals surface area contributed by atoms with Crippen molar-refractivity contribution >= 4 is 67.4 Å². The number of aromatic nitrogens is 1. The number of nitrogens with zero attached hydrogens (tertiary/aromatic N) is 1. The van der Waals surface area contributed by atoms with Gasteiger partial charge in [0.05, 0.1) is 17.0 Å². The van der Waals surface area contributed by atoms with Gasteiger partial charge in [-0.3, -0.25) is 9.52 Å². The van der Waals surface area contributed by atoms with Gasteiger partial charge in [0, 0.05) is 21.5 Å². The molecule has 0 saturated heterocycles. The van der Waals surface area contributed by atoms with E-state index >= 15 is 0 Å². The van der Waals surface area contributed by atoms with Gasteiger partial charge in [-0.2, -0.15) is 0 Å². The number of hydrogen-bond acceptors (Lipinski definition) is 6. The molecular formula is C20H28ClIN4O3S2. The van der Waals surface area contributed by atoms with Crippen molar-refractivity contribution in [1.82, 2.24) is 15.6 Å². The summed E-state index contributed by atoms with van der Waals surface area (Å²) in [5.41, 5.74) is 0.554. The molecule has 0 aliphatic heterocycles. The zero-order chi connectivity index (χ0) is 21.4. The third-order valence-electron chi connectivity index (χ3n) is 4.95. The average molecular weight is 599 g/mol. The van der Waals surface area contributed by atoms with Gasteiger partial charge in [0.15, 0.2) is 5.13 Å². The molecule has 3 N–H and O–H groups in total. The average Bonchev–Trinajstić information content (AvgIpc) is 3.14. The lowest BCUT2D eigenvalue weighted by molar-refractivity contribution is -0.120. The molecule has 1 amide bonds. The van der Waals surface area contributed by atoms with E-state index < -0.39 is 10.0 Å². The summed E-state index contributed by atoms with van der Waals surface area (Å²) in [6.45, 7) is 1.53. The molecule has 7 nitrogen and oxygen atoms in total. The second-order valence-corrected chi connectivity index (χ2v) is 11.2. The van der Waals surface area contributed by atoms with Crippen molar-refractivity contribution < 1.29 is 13.2 Å². The molecule has 1 heterocycles. The Balaban J connectivity index is 0.00000341. The number of benzene rings is 1. The van der Waals surface area contributed by atoms with Crippen LogP contribution in [-0.2, 0) is 21.2 Å². The van der Waals surface area contributed by atoms with E-state index in [1.54, 1.807) is 29.6 Å². The van der Waals surface area contributed by atoms with Crippen molar-refractivity contribution in [2.45, 2.75) is 55.9 Å². The molecule has 0 atom stereocenters. The highest BCUT2D eigenvalue weighted by molar-refractivity contribution is 14.1. The first-order valence-corrected chi connectivity index (χ1v) is 13.6. The molecule has 31 heavy (non-hydrogen) atoms. The minimum absolute atomic E-state index is 0. The Hall–Kier alpha value is -0.950. The van der Waals surface area contributed by atoms with Crippen LogP contribution in [0, 0.1) is 3.57 Å². The maximum absolute atomic E-state index is 12.4. The van der Waals surface area contributed by atoms with E-state index in [9.17, 15) is 13.2 Å². The molecule has 1 aliphatic rings. The molecule has 1 aromatic heterocycles. The molecule has 0 unspecified atom stereocenters. The first-order valence-electron chi connectivity index (χ1n) is 10.2. The number of halogens is 2. The number of nitrogens with one attached hydrogen (secondary N) is 3. The minimum atomic E-state index is -3.69. The Morgan fingerprint density at radius 3 is 2.55 bits per heavy atom. The van der Waals surface area contributed by atoms with E-state index in [-0.39, 0.29) is 34.8 Å². The Morgan fingerprint density at radius 1 is 1.13 bits per heavy atom. The van der Waals surface area contributed by atoms with Crippen LogP contribution in [0.1, 0.15) is 44.2 Å². The van der Waals surface area contributed by atoms with Gasteiger partial charge in [-0.25, -0.2) is 13.4 Å². The summed E-state index contributed by atoms with van der Waals surface area (Å²) in [6.07, 6.45) is 7.51. The summed E-state index contributed by atoms with van der Waals surface area (Å²) in [6, 6.07) is 7.20. The monoisotopic (exact) mass is 598 g/mol. The smallest absolute Gasteiger partial charge is 0.263 e. The molecule has 0 spiro atoms. The molecule has 11 heteroatoms. The van der Waals surface area contributed by atoms with Crippen molar-refractivity contribution in [3.63, 3.8) is 0 Å². The molecule has 1 saturated carbocycles. The van der Waals surface area contributed by atoms with Gasteiger partial charge in [-0.1, -0.05) is 19.3 Å². The van der Waals surface area contributed by atoms with Gasteiger partial charge in [0.2, 0.25) is 5.91 Å². The predicted octanol–water partition coefficient (Wildman–Crippen LogP) is 3.94. The molecule has 3 rings (SSSR count). The number of carbonyl (C=O) groups is 1. The highest BCUT2D eigenvalue weighted by Crippen LogP contribution is 2.21. The number of sulfonamides is 1. The van der Waals surface area contributed by atoms with Gasteiger partial charge in [0.1, 0.15) is 0 Å². The number of carbonyl (C=O) groups excluding carboxylic acids is 1. The van der Waals surface area contributed by atoms with Crippen LogP contribution in [0.3, 0.4) is 0 Å². The maximum atomic E-state index is 12.4. The topological polar surface area (TPSA) is 100 Å². The number of rotatable bonds is 10. The van der Waals surface area contributed by atoms with Gasteiger partial charge in [0.25, 0.3) is 10.0 Å². The third-order valence-corrected chi connectivity index (χ3v) is 7.96. The van der Waals surface area contributed by atoms with Crippen LogP contribution in [0.2, 0.25) is 0 Å². The molecule has 1 fully saturated rings. The largest absolute Gasteiger partial charge is 0.356 e. The standard InChI is InChI=1S/C20H27IN4O3S2.ClH/c21-15-7-9-18(10-8-15)30(27,28)25-20-24-17(14-29-20)13-19(26)23-12-4-11-22-16-5-2-1-3-6-16;/h7-10,14,16,22H,1-6,11-13H2,(H,23,26)(H,24,25);1H. The molecule has 1 aromatic carbocycles. The van der Waals surface area contributed by atoms with Crippen LogP contribution in [-0.4, -0.2) is 38.4 Å². The lowest BCUT2D eigenvalue weighted by atomic mass is 9.95. The van der Waals surface area contributed by atoms with E-state index in [2.05, 4.69) is 42.9 Å². The summed E-state index contributed by atoms with van der Waals surface area (Å²) in [5, 5.41) is 8.42. The lowest BCUT2D eigenvalue weighted by Gasteiger charge is -2.22. The van der Waals surface area contributed by atoms with Gasteiger partial charge >= 0.3 is 0 Å². The highest BCUT2D eigenvalue weighted by Gasteiger charge is 2.17. The van der Waals surface area contributed by atoms with Crippen LogP contribution < -0.4 is 15.4 Å². The van der Waals surface area contributed by atoms with Crippen LogP contribution in [0.15, 0.2) is 34.5 Å². The van der Waals surface area contributed by atoms with E-state index in [0.717, 1.165) is 16.5 Å². The highest BCUT2D eigenvalue weighted by atomic mass is 127. The molecule has 2 aromatic rings. The van der Waals surface area contributed by atoms with Crippen molar-refractivity contribution in [2.75, 3.05) is 17.8 Å². The third kappa shape index (κ3) is 8.83. The number of thiazole rings is 1. The zero-order valence-electron chi connectivity index (χ0n) is 17.1. The number of hydrogen-bond donors (Lipinski definition) is 3. The SMILES string of the molecule is Cl.O=C(Cc1csc(NS(=O)(=O)c2ccc(I)cc2)n1)NCCCNC1CCCCC1. The summed E-state index contributed by atoms with van der Waals surface area (Å²) < 4.78 is 28.3. The molecular weight excluding hydrogens is 571 g/mol. The number of anilines is 1. The maximum Gasteiger partial charge on any atom is 0.263 e. The molecule has 0 bridgehead atoms. The van der Waals surface area contributed by atoms with Gasteiger partial charge < -0.3 is 10.6 Å². The Kier molecular flexibility index (Phi) is 11.0. The fourth-order valence-corrected chi connectivity index (χ4v) is 5.70. The van der Waals surface area contributed by atoms with Crippen molar-refractivity contribution in [2.24, 2.45) is 0 Å². The van der Waals surface area contributed by atoms with Crippen LogP contribution in [0.4, 0.5) is 5.13 Å². The minimum Gasteiger partial charge on any atom is -0.356 e. The molecule has 1 aliphatic carbocycles. The summed E-state index contributed by atoms with van der Waals surface area (Å²) >= 11 is 3.29. The summed E-state index contributed by atoms with van der Waals surface area (Å²) in [5.74, 6) is -0.106. The molecule has 172 valence electrons. The Bertz CT molecular complexity index is 932. The first-order chi connectivity index (χ1) is 14.4.